The number of nitrogens with one attached hydrogen (secondary N) is 1. The molecule has 262 valence electrons. The number of likely N-dealkylation sites (tertiary alicyclic amines) is 1. The van der Waals surface area contributed by atoms with Crippen LogP contribution in [0.2, 0.25) is 18.1 Å². The lowest BCUT2D eigenvalue weighted by atomic mass is 9.76. The van der Waals surface area contributed by atoms with Gasteiger partial charge in [0, 0.05) is 25.3 Å². The van der Waals surface area contributed by atoms with Gasteiger partial charge in [-0.05, 0) is 68.1 Å². The minimum absolute atomic E-state index is 0.0363. The van der Waals surface area contributed by atoms with Gasteiger partial charge in [0.2, 0.25) is 0 Å². The topological polar surface area (TPSA) is 81.5 Å². The summed E-state index contributed by atoms with van der Waals surface area (Å²) < 4.78 is 15.0. The number of piperidine rings is 1. The largest absolute Gasteiger partial charge is 0.444 e. The fourth-order valence-electron chi connectivity index (χ4n) is 6.80. The zero-order valence-corrected chi connectivity index (χ0v) is 31.7. The zero-order chi connectivity index (χ0) is 35.7. The van der Waals surface area contributed by atoms with Crippen LogP contribution in [0.15, 0.2) is 110 Å². The van der Waals surface area contributed by atoms with Crippen molar-refractivity contribution in [1.29, 1.82) is 0 Å². The smallest absolute Gasteiger partial charge is 0.410 e. The van der Waals surface area contributed by atoms with E-state index in [1.807, 2.05) is 20.8 Å². The van der Waals surface area contributed by atoms with Crippen molar-refractivity contribution in [3.05, 3.63) is 126 Å². The molecule has 1 N–H and O–H groups in total. The third kappa shape index (κ3) is 7.07. The third-order valence-electron chi connectivity index (χ3n) is 10.1. The highest BCUT2D eigenvalue weighted by atomic mass is 28.4. The predicted molar refractivity (Wildman–Crippen MR) is 204 cm³/mol. The number of anilines is 1. The maximum atomic E-state index is 13.5. The van der Waals surface area contributed by atoms with E-state index in [9.17, 15) is 4.79 Å². The first-order valence-corrected chi connectivity index (χ1v) is 20.5. The van der Waals surface area contributed by atoms with Gasteiger partial charge in [0.05, 0.1) is 11.5 Å². The molecule has 8 nitrogen and oxygen atoms in total. The van der Waals surface area contributed by atoms with Crippen LogP contribution in [0.5, 0.6) is 0 Å². The summed E-state index contributed by atoms with van der Waals surface area (Å²) in [6, 6.07) is 33.8. The lowest BCUT2D eigenvalue weighted by Crippen LogP contribution is -2.56. The number of aromatic nitrogens is 3. The SMILES string of the molecule is CC(C)(C)OC(=O)N1C[C@H](Nc2ncnc3c2ccn3C(c2ccccc2)(c2ccccc2)c2ccccc2)C[C@H](O[Si](C)(C)C(C)(C)C)C1. The van der Waals surface area contributed by atoms with Gasteiger partial charge in [-0.1, -0.05) is 112 Å². The van der Waals surface area contributed by atoms with Crippen LogP contribution in [0.3, 0.4) is 0 Å². The molecule has 1 amide bonds. The van der Waals surface area contributed by atoms with E-state index in [4.69, 9.17) is 19.1 Å². The summed E-state index contributed by atoms with van der Waals surface area (Å²) in [5, 5.41) is 4.67. The summed E-state index contributed by atoms with van der Waals surface area (Å²) in [7, 11) is -2.12. The lowest BCUT2D eigenvalue weighted by Gasteiger charge is -2.44. The van der Waals surface area contributed by atoms with E-state index in [1.54, 1.807) is 11.2 Å². The molecule has 0 unspecified atom stereocenters. The average Bonchev–Trinajstić information content (AvgIpc) is 3.50. The van der Waals surface area contributed by atoms with Crippen molar-refractivity contribution >= 4 is 31.3 Å². The molecule has 1 saturated heterocycles. The van der Waals surface area contributed by atoms with Gasteiger partial charge in [-0.3, -0.25) is 0 Å². The van der Waals surface area contributed by atoms with E-state index < -0.39 is 19.5 Å². The normalized spacial score (nSPS) is 17.5. The number of nitrogens with zero attached hydrogens (tertiary/aromatic N) is 4. The Balaban J connectivity index is 1.43. The number of hydrogen-bond acceptors (Lipinski definition) is 6. The molecular formula is C41H51N5O3Si. The summed E-state index contributed by atoms with van der Waals surface area (Å²) in [6.07, 6.45) is 4.02. The average molecular weight is 690 g/mol. The fourth-order valence-corrected chi connectivity index (χ4v) is 8.16. The van der Waals surface area contributed by atoms with E-state index in [-0.39, 0.29) is 23.3 Å². The van der Waals surface area contributed by atoms with Gasteiger partial charge in [-0.2, -0.15) is 0 Å². The van der Waals surface area contributed by atoms with Crippen LogP contribution < -0.4 is 5.32 Å². The van der Waals surface area contributed by atoms with Gasteiger partial charge < -0.3 is 23.9 Å². The Morgan fingerprint density at radius 1 is 0.780 bits per heavy atom. The van der Waals surface area contributed by atoms with Crippen molar-refractivity contribution in [3.8, 4) is 0 Å². The number of benzene rings is 3. The second-order valence-electron chi connectivity index (χ2n) is 15.9. The molecule has 50 heavy (non-hydrogen) atoms. The predicted octanol–water partition coefficient (Wildman–Crippen LogP) is 9.08. The molecular weight excluding hydrogens is 639 g/mol. The Morgan fingerprint density at radius 2 is 1.32 bits per heavy atom. The maximum absolute atomic E-state index is 13.5. The number of hydrogen-bond donors (Lipinski definition) is 1. The van der Waals surface area contributed by atoms with Crippen LogP contribution in [-0.2, 0) is 14.7 Å². The minimum Gasteiger partial charge on any atom is -0.444 e. The van der Waals surface area contributed by atoms with E-state index in [0.717, 1.165) is 40.0 Å². The quantitative estimate of drug-likeness (QED) is 0.129. The first-order valence-electron chi connectivity index (χ1n) is 17.6. The number of amides is 1. The highest BCUT2D eigenvalue weighted by molar-refractivity contribution is 6.74. The van der Waals surface area contributed by atoms with E-state index >= 15 is 0 Å². The molecule has 0 spiro atoms. The van der Waals surface area contributed by atoms with Gasteiger partial charge >= 0.3 is 6.09 Å². The second-order valence-corrected chi connectivity index (χ2v) is 20.7. The Bertz CT molecular complexity index is 1800. The van der Waals surface area contributed by atoms with Gasteiger partial charge in [0.25, 0.3) is 0 Å². The molecule has 3 aromatic carbocycles. The molecule has 5 aromatic rings. The number of rotatable bonds is 8. The van der Waals surface area contributed by atoms with Crippen molar-refractivity contribution in [2.24, 2.45) is 0 Å². The molecule has 0 bridgehead atoms. The Labute approximate surface area is 298 Å². The Kier molecular flexibility index (Phi) is 9.67. The van der Waals surface area contributed by atoms with Crippen molar-refractivity contribution in [3.63, 3.8) is 0 Å². The van der Waals surface area contributed by atoms with Crippen LogP contribution >= 0.6 is 0 Å². The molecule has 1 aliphatic rings. The third-order valence-corrected chi connectivity index (χ3v) is 14.6. The fraction of sp³-hybridized carbons (Fsp3) is 0.390. The molecule has 2 atom stereocenters. The van der Waals surface area contributed by atoms with Crippen molar-refractivity contribution < 1.29 is 14.0 Å². The van der Waals surface area contributed by atoms with Crippen molar-refractivity contribution in [2.75, 3.05) is 18.4 Å². The van der Waals surface area contributed by atoms with E-state index in [2.05, 4.69) is 147 Å². The zero-order valence-electron chi connectivity index (χ0n) is 30.7. The number of ether oxygens (including phenoxy) is 1. The number of carbonyl (C=O) groups excluding carboxylic acids is 1. The monoisotopic (exact) mass is 689 g/mol. The first-order chi connectivity index (χ1) is 23.7. The summed E-state index contributed by atoms with van der Waals surface area (Å²) in [5.41, 5.74) is 2.85. The number of fused-ring (bicyclic) bond motifs is 1. The molecule has 6 rings (SSSR count). The first kappa shape index (κ1) is 35.4. The van der Waals surface area contributed by atoms with Crippen LogP contribution in [0, 0.1) is 0 Å². The van der Waals surface area contributed by atoms with Crippen molar-refractivity contribution in [2.45, 2.75) is 89.4 Å². The van der Waals surface area contributed by atoms with E-state index in [0.29, 0.717) is 13.1 Å². The number of carbonyl (C=O) groups is 1. The Hall–Kier alpha value is -4.47. The van der Waals surface area contributed by atoms with Gasteiger partial charge in [0.1, 0.15) is 28.9 Å². The summed E-state index contributed by atoms with van der Waals surface area (Å²) in [5.74, 6) is 0.721. The minimum atomic E-state index is -2.12. The van der Waals surface area contributed by atoms with Crippen LogP contribution in [0.4, 0.5) is 10.6 Å². The van der Waals surface area contributed by atoms with Gasteiger partial charge in [-0.15, -0.1) is 0 Å². The highest BCUT2D eigenvalue weighted by Gasteiger charge is 2.43. The van der Waals surface area contributed by atoms with Crippen molar-refractivity contribution in [1.82, 2.24) is 19.4 Å². The van der Waals surface area contributed by atoms with E-state index in [1.165, 1.54) is 0 Å². The van der Waals surface area contributed by atoms with Gasteiger partial charge in [0.15, 0.2) is 8.32 Å². The Morgan fingerprint density at radius 3 is 1.82 bits per heavy atom. The summed E-state index contributed by atoms with van der Waals surface area (Å²) in [6.45, 7) is 17.9. The standard InChI is InChI=1S/C41H51N5O3Si/c1-39(2,3)48-38(47)45-27-33(26-34(28-45)49-50(7,8)40(4,5)6)44-36-35-24-25-46(37(35)43-29-42-36)41(30-18-12-9-13-19-30,31-20-14-10-15-21-31)32-22-16-11-17-23-32/h9-25,29,33-34H,26-28H2,1-8H3,(H,42,43,44)/t33-,34+/m1/s1. The molecule has 0 radical (unpaired) electrons. The molecule has 1 aliphatic heterocycles. The highest BCUT2D eigenvalue weighted by Crippen LogP contribution is 2.43. The van der Waals surface area contributed by atoms with Crippen LogP contribution in [-0.4, -0.2) is 64.7 Å². The maximum Gasteiger partial charge on any atom is 0.410 e. The molecule has 3 heterocycles. The molecule has 2 aromatic heterocycles. The van der Waals surface area contributed by atoms with Crippen LogP contribution in [0.1, 0.15) is 64.7 Å². The molecule has 0 aliphatic carbocycles. The lowest BCUT2D eigenvalue weighted by molar-refractivity contribution is 0.00391. The molecule has 1 fully saturated rings. The van der Waals surface area contributed by atoms with Gasteiger partial charge in [-0.25, -0.2) is 14.8 Å². The molecule has 9 heteroatoms. The van der Waals surface area contributed by atoms with Crippen LogP contribution in [0.25, 0.3) is 11.0 Å². The summed E-state index contributed by atoms with van der Waals surface area (Å²) >= 11 is 0. The molecule has 0 saturated carbocycles. The second kappa shape index (κ2) is 13.7. The summed E-state index contributed by atoms with van der Waals surface area (Å²) in [4.78, 5) is 24.9.